The molecule has 0 aliphatic carbocycles. The smallest absolute Gasteiger partial charge is 0.275 e. The van der Waals surface area contributed by atoms with Crippen molar-refractivity contribution in [3.63, 3.8) is 0 Å². The lowest BCUT2D eigenvalue weighted by Gasteiger charge is -2.16. The first-order valence-electron chi connectivity index (χ1n) is 7.73. The van der Waals surface area contributed by atoms with Gasteiger partial charge in [-0.2, -0.15) is 0 Å². The average Bonchev–Trinajstić information content (AvgIpc) is 2.76. The van der Waals surface area contributed by atoms with Crippen molar-refractivity contribution in [2.75, 3.05) is 33.2 Å². The molecule has 1 heterocycles. The van der Waals surface area contributed by atoms with E-state index in [9.17, 15) is 9.59 Å². The zero-order valence-electron chi connectivity index (χ0n) is 13.5. The number of rotatable bonds is 6. The van der Waals surface area contributed by atoms with Crippen LogP contribution in [-0.2, 0) is 9.59 Å². The molecule has 118 valence electrons. The van der Waals surface area contributed by atoms with Gasteiger partial charge in [0.15, 0.2) is 0 Å². The Morgan fingerprint density at radius 3 is 2.36 bits per heavy atom. The molecule has 1 unspecified atom stereocenters. The molecule has 5 nitrogen and oxygen atoms in total. The highest BCUT2D eigenvalue weighted by Crippen LogP contribution is 2.26. The Balaban J connectivity index is 2.22. The first-order valence-corrected chi connectivity index (χ1v) is 7.73. The third kappa shape index (κ3) is 3.25. The Labute approximate surface area is 131 Å². The molecule has 0 saturated carbocycles. The van der Waals surface area contributed by atoms with E-state index < -0.39 is 5.92 Å². The second kappa shape index (κ2) is 7.31. The molecule has 0 N–H and O–H groups in total. The Morgan fingerprint density at radius 1 is 1.14 bits per heavy atom. The van der Waals surface area contributed by atoms with Gasteiger partial charge in [0.05, 0.1) is 6.54 Å². The van der Waals surface area contributed by atoms with Crippen molar-refractivity contribution in [1.82, 2.24) is 9.80 Å². The molecule has 1 aliphatic rings. The van der Waals surface area contributed by atoms with E-state index in [2.05, 4.69) is 23.7 Å². The van der Waals surface area contributed by atoms with E-state index in [0.717, 1.165) is 25.2 Å². The minimum absolute atomic E-state index is 0.196. The molecule has 1 saturated heterocycles. The van der Waals surface area contributed by atoms with Crippen LogP contribution in [0.15, 0.2) is 35.3 Å². The van der Waals surface area contributed by atoms with Crippen LogP contribution >= 0.6 is 0 Å². The molecule has 1 aliphatic heterocycles. The molecule has 0 bridgehead atoms. The van der Waals surface area contributed by atoms with Crippen LogP contribution in [0.25, 0.3) is 0 Å². The van der Waals surface area contributed by atoms with E-state index in [1.165, 1.54) is 11.9 Å². The summed E-state index contributed by atoms with van der Waals surface area (Å²) in [6.07, 6.45) is 0. The number of amides is 2. The Bertz CT molecular complexity index is 565. The van der Waals surface area contributed by atoms with Gasteiger partial charge in [-0.3, -0.25) is 19.5 Å². The van der Waals surface area contributed by atoms with Gasteiger partial charge in [-0.1, -0.05) is 44.2 Å². The summed E-state index contributed by atoms with van der Waals surface area (Å²) in [5.74, 6) is -1.04. The van der Waals surface area contributed by atoms with Crippen LogP contribution in [0.1, 0.15) is 25.3 Å². The minimum atomic E-state index is -0.560. The Kier molecular flexibility index (Phi) is 5.44. The van der Waals surface area contributed by atoms with Crippen molar-refractivity contribution in [3.05, 3.63) is 35.9 Å². The standard InChI is InChI=1S/C17H23N3O2/c1-4-20(5-2)12-11-18-15-14(13-9-7-6-8-10-13)16(21)19(3)17(15)22/h6-10,14H,4-5,11-12H2,1-3H3. The first-order chi connectivity index (χ1) is 10.6. The molecule has 0 aromatic heterocycles. The lowest BCUT2D eigenvalue weighted by atomic mass is 9.96. The Hall–Kier alpha value is -2.01. The van der Waals surface area contributed by atoms with Crippen molar-refractivity contribution in [2.24, 2.45) is 4.99 Å². The lowest BCUT2D eigenvalue weighted by Crippen LogP contribution is -2.27. The summed E-state index contributed by atoms with van der Waals surface area (Å²) in [6.45, 7) is 7.44. The predicted molar refractivity (Wildman–Crippen MR) is 87.1 cm³/mol. The van der Waals surface area contributed by atoms with Gasteiger partial charge < -0.3 is 4.90 Å². The van der Waals surface area contributed by atoms with Gasteiger partial charge in [0.1, 0.15) is 11.6 Å². The molecule has 1 atom stereocenters. The number of carbonyl (C=O) groups excluding carboxylic acids is 2. The predicted octanol–water partition coefficient (Wildman–Crippen LogP) is 1.55. The van der Waals surface area contributed by atoms with Crippen LogP contribution in [0.3, 0.4) is 0 Å². The maximum Gasteiger partial charge on any atom is 0.275 e. The van der Waals surface area contributed by atoms with Crippen molar-refractivity contribution >= 4 is 17.5 Å². The van der Waals surface area contributed by atoms with Crippen molar-refractivity contribution in [3.8, 4) is 0 Å². The molecule has 0 spiro atoms. The van der Waals surface area contributed by atoms with Crippen LogP contribution in [-0.4, -0.2) is 60.6 Å². The van der Waals surface area contributed by atoms with Crippen molar-refractivity contribution in [2.45, 2.75) is 19.8 Å². The molecule has 2 rings (SSSR count). The minimum Gasteiger partial charge on any atom is -0.302 e. The molecule has 0 radical (unpaired) electrons. The summed E-state index contributed by atoms with van der Waals surface area (Å²) in [6, 6.07) is 9.38. The van der Waals surface area contributed by atoms with Gasteiger partial charge in [-0.05, 0) is 18.7 Å². The highest BCUT2D eigenvalue weighted by Gasteiger charge is 2.43. The van der Waals surface area contributed by atoms with Crippen LogP contribution in [0.4, 0.5) is 0 Å². The van der Waals surface area contributed by atoms with Crippen molar-refractivity contribution in [1.29, 1.82) is 0 Å². The highest BCUT2D eigenvalue weighted by molar-refractivity contribution is 6.51. The van der Waals surface area contributed by atoms with E-state index in [-0.39, 0.29) is 11.8 Å². The number of aliphatic imine (C=N–C) groups is 1. The van der Waals surface area contributed by atoms with Crippen LogP contribution in [0.2, 0.25) is 0 Å². The maximum atomic E-state index is 12.3. The third-order valence-corrected chi connectivity index (χ3v) is 4.10. The largest absolute Gasteiger partial charge is 0.302 e. The van der Waals surface area contributed by atoms with Gasteiger partial charge in [-0.25, -0.2) is 0 Å². The topological polar surface area (TPSA) is 53.0 Å². The number of carbonyl (C=O) groups is 2. The number of hydrogen-bond acceptors (Lipinski definition) is 4. The fourth-order valence-electron chi connectivity index (χ4n) is 2.66. The molecule has 22 heavy (non-hydrogen) atoms. The number of likely N-dealkylation sites (N-methyl/N-ethyl adjacent to an activating group) is 2. The number of likely N-dealkylation sites (tertiary alicyclic amines) is 1. The summed E-state index contributed by atoms with van der Waals surface area (Å²) in [7, 11) is 1.52. The number of imide groups is 1. The number of benzene rings is 1. The van der Waals surface area contributed by atoms with Crippen molar-refractivity contribution < 1.29 is 9.59 Å². The number of nitrogens with zero attached hydrogens (tertiary/aromatic N) is 3. The van der Waals surface area contributed by atoms with Gasteiger partial charge in [0, 0.05) is 13.6 Å². The second-order valence-corrected chi connectivity index (χ2v) is 5.34. The van der Waals surface area contributed by atoms with E-state index in [4.69, 9.17) is 0 Å². The van der Waals surface area contributed by atoms with Gasteiger partial charge >= 0.3 is 0 Å². The quantitative estimate of drug-likeness (QED) is 0.749. The normalized spacial score (nSPS) is 20.5. The Morgan fingerprint density at radius 2 is 1.77 bits per heavy atom. The highest BCUT2D eigenvalue weighted by atomic mass is 16.2. The fraction of sp³-hybridized carbons (Fsp3) is 0.471. The molecule has 1 aromatic carbocycles. The molecule has 1 aromatic rings. The van der Waals surface area contributed by atoms with Crippen LogP contribution in [0, 0.1) is 0 Å². The fourth-order valence-corrected chi connectivity index (χ4v) is 2.66. The van der Waals surface area contributed by atoms with E-state index in [1.54, 1.807) is 0 Å². The van der Waals surface area contributed by atoms with E-state index in [1.807, 2.05) is 30.3 Å². The van der Waals surface area contributed by atoms with E-state index >= 15 is 0 Å². The average molecular weight is 301 g/mol. The maximum absolute atomic E-state index is 12.3. The summed E-state index contributed by atoms with van der Waals surface area (Å²) in [5, 5.41) is 0. The molecular formula is C17H23N3O2. The van der Waals surface area contributed by atoms with Gasteiger partial charge in [0.25, 0.3) is 5.91 Å². The second-order valence-electron chi connectivity index (χ2n) is 5.34. The van der Waals surface area contributed by atoms with Gasteiger partial charge in [0.2, 0.25) is 5.91 Å². The molecule has 1 fully saturated rings. The summed E-state index contributed by atoms with van der Waals surface area (Å²) >= 11 is 0. The van der Waals surface area contributed by atoms with Crippen LogP contribution < -0.4 is 0 Å². The monoisotopic (exact) mass is 301 g/mol. The first kappa shape index (κ1) is 16.4. The summed E-state index contributed by atoms with van der Waals surface area (Å²) in [5.41, 5.74) is 1.19. The third-order valence-electron chi connectivity index (χ3n) is 4.10. The molecular weight excluding hydrogens is 278 g/mol. The van der Waals surface area contributed by atoms with Crippen LogP contribution in [0.5, 0.6) is 0 Å². The van der Waals surface area contributed by atoms with Gasteiger partial charge in [-0.15, -0.1) is 0 Å². The van der Waals surface area contributed by atoms with E-state index in [0.29, 0.717) is 12.3 Å². The molecule has 2 amide bonds. The SMILES string of the molecule is CCN(CC)CCN=C1C(=O)N(C)C(=O)C1c1ccccc1. The zero-order valence-corrected chi connectivity index (χ0v) is 13.5. The lowest BCUT2D eigenvalue weighted by molar-refractivity contribution is -0.136. The summed E-state index contributed by atoms with van der Waals surface area (Å²) in [4.78, 5) is 32.5. The summed E-state index contributed by atoms with van der Waals surface area (Å²) < 4.78 is 0. The zero-order chi connectivity index (χ0) is 16.1. The molecule has 5 heteroatoms. The number of hydrogen-bond donors (Lipinski definition) is 0.